The largest absolute Gasteiger partial charge is 0.508 e. The van der Waals surface area contributed by atoms with Crippen molar-refractivity contribution in [2.75, 3.05) is 26.8 Å². The number of unbranched alkanes of at least 4 members (excludes halogenated alkanes) is 1. The van der Waals surface area contributed by atoms with Gasteiger partial charge in [0.05, 0.1) is 13.7 Å². The predicted octanol–water partition coefficient (Wildman–Crippen LogP) is 2.00. The Morgan fingerprint density at radius 2 is 2.06 bits per heavy atom. The van der Waals surface area contributed by atoms with E-state index in [1.54, 1.807) is 19.2 Å². The number of rotatable bonds is 8. The van der Waals surface area contributed by atoms with Crippen LogP contribution in [0.4, 0.5) is 0 Å². The summed E-state index contributed by atoms with van der Waals surface area (Å²) in [5, 5.41) is 18.9. The molecular formula is C14H23NO3. The molecule has 0 bridgehead atoms. The molecule has 0 unspecified atom stereocenters. The van der Waals surface area contributed by atoms with Crippen LogP contribution in [-0.4, -0.2) is 41.9 Å². The van der Waals surface area contributed by atoms with Crippen molar-refractivity contribution >= 4 is 0 Å². The smallest absolute Gasteiger partial charge is 0.120 e. The van der Waals surface area contributed by atoms with E-state index in [4.69, 9.17) is 9.84 Å². The lowest BCUT2D eigenvalue weighted by atomic mass is 10.1. The fourth-order valence-electron chi connectivity index (χ4n) is 1.85. The van der Waals surface area contributed by atoms with Gasteiger partial charge < -0.3 is 14.9 Å². The summed E-state index contributed by atoms with van der Waals surface area (Å²) in [5.41, 5.74) is 0.832. The van der Waals surface area contributed by atoms with Crippen molar-refractivity contribution in [3.8, 4) is 11.5 Å². The number of aliphatic hydroxyl groups is 1. The number of methoxy groups -OCH3 is 1. The summed E-state index contributed by atoms with van der Waals surface area (Å²) in [6.45, 7) is 4.45. The van der Waals surface area contributed by atoms with Crippen LogP contribution in [0.1, 0.15) is 25.3 Å². The predicted molar refractivity (Wildman–Crippen MR) is 71.9 cm³/mol. The molecule has 1 rings (SSSR count). The molecule has 0 aliphatic rings. The average Bonchev–Trinajstić information content (AvgIpc) is 2.38. The summed E-state index contributed by atoms with van der Waals surface area (Å²) in [5.74, 6) is 1.01. The zero-order chi connectivity index (χ0) is 13.4. The first-order chi connectivity index (χ1) is 8.71. The van der Waals surface area contributed by atoms with Crippen molar-refractivity contribution in [1.29, 1.82) is 0 Å². The van der Waals surface area contributed by atoms with Gasteiger partial charge in [0, 0.05) is 18.7 Å². The first-order valence-corrected chi connectivity index (χ1v) is 6.40. The number of phenolic OH excluding ortho intramolecular Hbond substituents is 1. The highest BCUT2D eigenvalue weighted by Crippen LogP contribution is 2.24. The van der Waals surface area contributed by atoms with Crippen molar-refractivity contribution in [3.63, 3.8) is 0 Å². The molecule has 0 aromatic heterocycles. The zero-order valence-electron chi connectivity index (χ0n) is 11.2. The summed E-state index contributed by atoms with van der Waals surface area (Å²) in [4.78, 5) is 2.14. The van der Waals surface area contributed by atoms with Crippen LogP contribution in [0.2, 0.25) is 0 Å². The Hall–Kier alpha value is -1.26. The third-order valence-corrected chi connectivity index (χ3v) is 2.92. The Labute approximate surface area is 109 Å². The van der Waals surface area contributed by atoms with E-state index in [2.05, 4.69) is 11.8 Å². The van der Waals surface area contributed by atoms with Crippen molar-refractivity contribution in [2.45, 2.75) is 26.3 Å². The van der Waals surface area contributed by atoms with Gasteiger partial charge >= 0.3 is 0 Å². The molecule has 0 heterocycles. The van der Waals surface area contributed by atoms with Gasteiger partial charge in [-0.05, 0) is 31.2 Å². The van der Waals surface area contributed by atoms with Crippen LogP contribution >= 0.6 is 0 Å². The molecule has 4 heteroatoms. The highest BCUT2D eigenvalue weighted by Gasteiger charge is 2.09. The molecule has 102 valence electrons. The average molecular weight is 253 g/mol. The molecule has 0 atom stereocenters. The highest BCUT2D eigenvalue weighted by atomic mass is 16.5. The van der Waals surface area contributed by atoms with Crippen LogP contribution in [0.5, 0.6) is 11.5 Å². The van der Waals surface area contributed by atoms with Gasteiger partial charge in [0.1, 0.15) is 11.5 Å². The van der Waals surface area contributed by atoms with E-state index in [1.807, 2.05) is 6.07 Å². The molecular weight excluding hydrogens is 230 g/mol. The number of hydrogen-bond acceptors (Lipinski definition) is 4. The summed E-state index contributed by atoms with van der Waals surface area (Å²) < 4.78 is 5.15. The molecule has 2 N–H and O–H groups in total. The van der Waals surface area contributed by atoms with Gasteiger partial charge in [-0.2, -0.15) is 0 Å². The third-order valence-electron chi connectivity index (χ3n) is 2.92. The lowest BCUT2D eigenvalue weighted by Gasteiger charge is -2.21. The summed E-state index contributed by atoms with van der Waals surface area (Å²) in [6.07, 6.45) is 2.21. The van der Waals surface area contributed by atoms with E-state index in [1.165, 1.54) is 0 Å². The second-order valence-electron chi connectivity index (χ2n) is 4.35. The molecule has 0 aliphatic carbocycles. The topological polar surface area (TPSA) is 52.9 Å². The first kappa shape index (κ1) is 14.8. The third kappa shape index (κ3) is 4.55. The number of nitrogens with zero attached hydrogens (tertiary/aromatic N) is 1. The molecule has 0 aliphatic heterocycles. The lowest BCUT2D eigenvalue weighted by Crippen LogP contribution is -2.27. The van der Waals surface area contributed by atoms with Gasteiger partial charge in [-0.3, -0.25) is 4.90 Å². The monoisotopic (exact) mass is 253 g/mol. The Kier molecular flexibility index (Phi) is 6.54. The summed E-state index contributed by atoms with van der Waals surface area (Å²) in [7, 11) is 1.61. The van der Waals surface area contributed by atoms with Crippen LogP contribution in [-0.2, 0) is 6.54 Å². The van der Waals surface area contributed by atoms with E-state index in [0.29, 0.717) is 13.1 Å². The van der Waals surface area contributed by atoms with Gasteiger partial charge in [-0.25, -0.2) is 0 Å². The lowest BCUT2D eigenvalue weighted by molar-refractivity contribution is 0.187. The van der Waals surface area contributed by atoms with Crippen molar-refractivity contribution in [2.24, 2.45) is 0 Å². The van der Waals surface area contributed by atoms with Crippen molar-refractivity contribution in [3.05, 3.63) is 23.8 Å². The van der Waals surface area contributed by atoms with Crippen LogP contribution < -0.4 is 4.74 Å². The van der Waals surface area contributed by atoms with Crippen molar-refractivity contribution in [1.82, 2.24) is 4.90 Å². The van der Waals surface area contributed by atoms with E-state index < -0.39 is 0 Å². The molecule has 18 heavy (non-hydrogen) atoms. The molecule has 0 saturated carbocycles. The Morgan fingerprint density at radius 3 is 2.67 bits per heavy atom. The number of phenols is 1. The van der Waals surface area contributed by atoms with Gasteiger partial charge in [0.25, 0.3) is 0 Å². The van der Waals surface area contributed by atoms with Gasteiger partial charge in [0.2, 0.25) is 0 Å². The second-order valence-corrected chi connectivity index (χ2v) is 4.35. The SMILES string of the molecule is CCCCN(CCO)Cc1cc(OC)ccc1O. The molecule has 0 fully saturated rings. The fourth-order valence-corrected chi connectivity index (χ4v) is 1.85. The quantitative estimate of drug-likeness (QED) is 0.744. The molecule has 4 nitrogen and oxygen atoms in total. The zero-order valence-corrected chi connectivity index (χ0v) is 11.2. The summed E-state index contributed by atoms with van der Waals surface area (Å²) >= 11 is 0. The fraction of sp³-hybridized carbons (Fsp3) is 0.571. The molecule has 1 aromatic carbocycles. The van der Waals surface area contributed by atoms with E-state index in [9.17, 15) is 5.11 Å². The molecule has 0 radical (unpaired) electrons. The molecule has 0 spiro atoms. The minimum absolute atomic E-state index is 0.133. The maximum atomic E-state index is 9.83. The number of hydrogen-bond donors (Lipinski definition) is 2. The van der Waals surface area contributed by atoms with Gasteiger partial charge in [-0.1, -0.05) is 13.3 Å². The maximum absolute atomic E-state index is 9.83. The minimum atomic E-state index is 0.133. The van der Waals surface area contributed by atoms with Crippen LogP contribution in [0, 0.1) is 0 Å². The summed E-state index contributed by atoms with van der Waals surface area (Å²) in [6, 6.07) is 5.22. The minimum Gasteiger partial charge on any atom is -0.508 e. The van der Waals surface area contributed by atoms with Crippen LogP contribution in [0.25, 0.3) is 0 Å². The Balaban J connectivity index is 2.72. The van der Waals surface area contributed by atoms with Gasteiger partial charge in [0.15, 0.2) is 0 Å². The van der Waals surface area contributed by atoms with Crippen molar-refractivity contribution < 1.29 is 14.9 Å². The standard InChI is InChI=1S/C14H23NO3/c1-3-4-7-15(8-9-16)11-12-10-13(18-2)5-6-14(12)17/h5-6,10,16-17H,3-4,7-9,11H2,1-2H3. The maximum Gasteiger partial charge on any atom is 0.120 e. The number of ether oxygens (including phenoxy) is 1. The van der Waals surface area contributed by atoms with Gasteiger partial charge in [-0.15, -0.1) is 0 Å². The van der Waals surface area contributed by atoms with E-state index >= 15 is 0 Å². The molecule has 0 amide bonds. The van der Waals surface area contributed by atoms with E-state index in [0.717, 1.165) is 30.7 Å². The van der Waals surface area contributed by atoms with E-state index in [-0.39, 0.29) is 12.4 Å². The Morgan fingerprint density at radius 1 is 1.28 bits per heavy atom. The number of aliphatic hydroxyl groups excluding tert-OH is 1. The van der Waals surface area contributed by atoms with Crippen LogP contribution in [0.15, 0.2) is 18.2 Å². The van der Waals surface area contributed by atoms with Crippen LogP contribution in [0.3, 0.4) is 0 Å². The molecule has 0 saturated heterocycles. The normalized spacial score (nSPS) is 10.9. The Bertz CT molecular complexity index is 355. The highest BCUT2D eigenvalue weighted by molar-refractivity contribution is 5.39. The first-order valence-electron chi connectivity index (χ1n) is 6.40. The molecule has 1 aromatic rings. The number of benzene rings is 1. The number of aromatic hydroxyl groups is 1. The second kappa shape index (κ2) is 7.95.